The summed E-state index contributed by atoms with van der Waals surface area (Å²) in [6.45, 7) is 1.57. The van der Waals surface area contributed by atoms with Crippen LogP contribution in [0.5, 0.6) is 5.75 Å². The van der Waals surface area contributed by atoms with Crippen molar-refractivity contribution in [3.05, 3.63) is 63.9 Å². The highest BCUT2D eigenvalue weighted by atomic mass is 35.5. The maximum atomic E-state index is 13.3. The first-order valence-electron chi connectivity index (χ1n) is 7.03. The van der Waals surface area contributed by atoms with E-state index in [1.165, 1.54) is 12.1 Å². The molecule has 0 aliphatic heterocycles. The zero-order valence-corrected chi connectivity index (χ0v) is 13.4. The molecule has 0 atom stereocenters. The Balaban J connectivity index is 1.84. The zero-order valence-electron chi connectivity index (χ0n) is 12.6. The monoisotopic (exact) mass is 337 g/mol. The molecule has 0 fully saturated rings. The summed E-state index contributed by atoms with van der Waals surface area (Å²) < 4.78 is 18.6. The molecule has 2 aromatic carbocycles. The van der Waals surface area contributed by atoms with Gasteiger partial charge in [-0.2, -0.15) is 0 Å². The molecule has 0 aliphatic rings. The molecule has 2 aromatic rings. The van der Waals surface area contributed by atoms with Crippen LogP contribution in [-0.4, -0.2) is 17.6 Å². The van der Waals surface area contributed by atoms with E-state index >= 15 is 0 Å². The Bertz CT molecular complexity index is 706. The maximum absolute atomic E-state index is 13.3. The van der Waals surface area contributed by atoms with Gasteiger partial charge in [0.2, 0.25) is 0 Å². The Labute approximate surface area is 138 Å². The van der Waals surface area contributed by atoms with Crippen LogP contribution in [0.15, 0.2) is 36.4 Å². The molecule has 4 nitrogen and oxygen atoms in total. The Morgan fingerprint density at radius 2 is 2.09 bits per heavy atom. The number of rotatable bonds is 6. The van der Waals surface area contributed by atoms with Crippen molar-refractivity contribution in [3.63, 3.8) is 0 Å². The highest BCUT2D eigenvalue weighted by molar-refractivity contribution is 6.31. The van der Waals surface area contributed by atoms with Gasteiger partial charge in [0.25, 0.3) is 5.91 Å². The lowest BCUT2D eigenvalue weighted by Gasteiger charge is -2.09. The van der Waals surface area contributed by atoms with E-state index in [0.29, 0.717) is 16.3 Å². The zero-order chi connectivity index (χ0) is 16.8. The average Bonchev–Trinajstić information content (AvgIpc) is 2.55. The standard InChI is InChI=1S/C17H17ClFNO3/c1-11-6-14(3-4-15(11)18)23-10-17(22)20-8-12-2-5-16(19)13(7-12)9-21/h2-7,21H,8-10H2,1H3,(H,20,22). The summed E-state index contributed by atoms with van der Waals surface area (Å²) in [5.41, 5.74) is 1.77. The lowest BCUT2D eigenvalue weighted by atomic mass is 10.1. The first kappa shape index (κ1) is 17.2. The van der Waals surface area contributed by atoms with Gasteiger partial charge in [0.1, 0.15) is 11.6 Å². The summed E-state index contributed by atoms with van der Waals surface area (Å²) >= 11 is 5.92. The summed E-state index contributed by atoms with van der Waals surface area (Å²) in [7, 11) is 0. The maximum Gasteiger partial charge on any atom is 0.258 e. The van der Waals surface area contributed by atoms with Gasteiger partial charge in [0.05, 0.1) is 6.61 Å². The van der Waals surface area contributed by atoms with Crippen molar-refractivity contribution in [1.82, 2.24) is 5.32 Å². The number of nitrogens with one attached hydrogen (secondary N) is 1. The van der Waals surface area contributed by atoms with Crippen LogP contribution in [0.2, 0.25) is 5.02 Å². The van der Waals surface area contributed by atoms with Crippen LogP contribution in [0.3, 0.4) is 0 Å². The molecule has 1 amide bonds. The van der Waals surface area contributed by atoms with Gasteiger partial charge in [-0.3, -0.25) is 4.79 Å². The lowest BCUT2D eigenvalue weighted by Crippen LogP contribution is -2.28. The molecular weight excluding hydrogens is 321 g/mol. The van der Waals surface area contributed by atoms with Crippen molar-refractivity contribution in [2.75, 3.05) is 6.61 Å². The molecular formula is C17H17ClFNO3. The summed E-state index contributed by atoms with van der Waals surface area (Å²) in [6.07, 6.45) is 0. The van der Waals surface area contributed by atoms with Crippen LogP contribution < -0.4 is 10.1 Å². The van der Waals surface area contributed by atoms with Gasteiger partial charge in [0, 0.05) is 17.1 Å². The molecule has 0 heterocycles. The SMILES string of the molecule is Cc1cc(OCC(=O)NCc2ccc(F)c(CO)c2)ccc1Cl. The second-order valence-corrected chi connectivity index (χ2v) is 5.47. The number of benzene rings is 2. The normalized spacial score (nSPS) is 10.4. The number of amides is 1. The van der Waals surface area contributed by atoms with Crippen molar-refractivity contribution in [2.24, 2.45) is 0 Å². The largest absolute Gasteiger partial charge is 0.484 e. The van der Waals surface area contributed by atoms with E-state index in [1.54, 1.807) is 24.3 Å². The Hall–Kier alpha value is -2.11. The third kappa shape index (κ3) is 4.94. The number of hydrogen-bond acceptors (Lipinski definition) is 3. The van der Waals surface area contributed by atoms with Gasteiger partial charge >= 0.3 is 0 Å². The minimum atomic E-state index is -0.469. The van der Waals surface area contributed by atoms with E-state index in [1.807, 2.05) is 6.92 Å². The van der Waals surface area contributed by atoms with E-state index < -0.39 is 5.82 Å². The lowest BCUT2D eigenvalue weighted by molar-refractivity contribution is -0.123. The van der Waals surface area contributed by atoms with Gasteiger partial charge in [-0.1, -0.05) is 17.7 Å². The van der Waals surface area contributed by atoms with Crippen LogP contribution >= 0.6 is 11.6 Å². The minimum Gasteiger partial charge on any atom is -0.484 e. The fourth-order valence-corrected chi connectivity index (χ4v) is 2.08. The van der Waals surface area contributed by atoms with Crippen molar-refractivity contribution < 1.29 is 19.0 Å². The van der Waals surface area contributed by atoms with Crippen LogP contribution in [0.4, 0.5) is 4.39 Å². The number of carbonyl (C=O) groups excluding carboxylic acids is 1. The van der Waals surface area contributed by atoms with Crippen molar-refractivity contribution >= 4 is 17.5 Å². The summed E-state index contributed by atoms with van der Waals surface area (Å²) in [5, 5.41) is 12.3. The molecule has 0 aromatic heterocycles. The van der Waals surface area contributed by atoms with E-state index in [2.05, 4.69) is 5.32 Å². The third-order valence-electron chi connectivity index (χ3n) is 3.27. The molecule has 0 bridgehead atoms. The van der Waals surface area contributed by atoms with E-state index in [-0.39, 0.29) is 31.2 Å². The molecule has 6 heteroatoms. The summed E-state index contributed by atoms with van der Waals surface area (Å²) in [4.78, 5) is 11.8. The molecule has 2 N–H and O–H groups in total. The minimum absolute atomic E-state index is 0.130. The number of hydrogen-bond donors (Lipinski definition) is 2. The highest BCUT2D eigenvalue weighted by Gasteiger charge is 2.06. The van der Waals surface area contributed by atoms with Crippen molar-refractivity contribution in [2.45, 2.75) is 20.1 Å². The van der Waals surface area contributed by atoms with Crippen LogP contribution in [0, 0.1) is 12.7 Å². The predicted octanol–water partition coefficient (Wildman–Crippen LogP) is 2.98. The van der Waals surface area contributed by atoms with Gasteiger partial charge < -0.3 is 15.2 Å². The molecule has 0 saturated heterocycles. The average molecular weight is 338 g/mol. The van der Waals surface area contributed by atoms with E-state index in [0.717, 1.165) is 5.56 Å². The molecule has 0 spiro atoms. The topological polar surface area (TPSA) is 58.6 Å². The number of ether oxygens (including phenoxy) is 1. The summed E-state index contributed by atoms with van der Waals surface area (Å²) in [5.74, 6) is -0.206. The van der Waals surface area contributed by atoms with Crippen LogP contribution in [0.1, 0.15) is 16.7 Å². The molecule has 0 unspecified atom stereocenters. The first-order chi connectivity index (χ1) is 11.0. The quantitative estimate of drug-likeness (QED) is 0.852. The van der Waals surface area contributed by atoms with E-state index in [4.69, 9.17) is 21.4 Å². The second kappa shape index (κ2) is 7.94. The smallest absolute Gasteiger partial charge is 0.258 e. The molecule has 0 saturated carbocycles. The van der Waals surface area contributed by atoms with Gasteiger partial charge in [-0.05, 0) is 48.4 Å². The van der Waals surface area contributed by atoms with Gasteiger partial charge in [-0.15, -0.1) is 0 Å². The predicted molar refractivity (Wildman–Crippen MR) is 85.9 cm³/mol. The number of aliphatic hydroxyl groups excluding tert-OH is 1. The molecule has 0 radical (unpaired) electrons. The van der Waals surface area contributed by atoms with Crippen molar-refractivity contribution in [1.29, 1.82) is 0 Å². The highest BCUT2D eigenvalue weighted by Crippen LogP contribution is 2.20. The number of carbonyl (C=O) groups is 1. The summed E-state index contributed by atoms with van der Waals surface area (Å²) in [6, 6.07) is 9.48. The second-order valence-electron chi connectivity index (χ2n) is 5.06. The Kier molecular flexibility index (Phi) is 5.96. The number of aliphatic hydroxyl groups is 1. The van der Waals surface area contributed by atoms with Crippen LogP contribution in [-0.2, 0) is 17.9 Å². The Morgan fingerprint density at radius 3 is 2.78 bits per heavy atom. The first-order valence-corrected chi connectivity index (χ1v) is 7.41. The third-order valence-corrected chi connectivity index (χ3v) is 3.69. The fourth-order valence-electron chi connectivity index (χ4n) is 1.97. The van der Waals surface area contributed by atoms with Crippen LogP contribution in [0.25, 0.3) is 0 Å². The Morgan fingerprint density at radius 1 is 1.30 bits per heavy atom. The fraction of sp³-hybridized carbons (Fsp3) is 0.235. The van der Waals surface area contributed by atoms with Gasteiger partial charge in [-0.25, -0.2) is 4.39 Å². The molecule has 122 valence electrons. The molecule has 2 rings (SSSR count). The van der Waals surface area contributed by atoms with Gasteiger partial charge in [0.15, 0.2) is 6.61 Å². The molecule has 23 heavy (non-hydrogen) atoms. The van der Waals surface area contributed by atoms with E-state index in [9.17, 15) is 9.18 Å². The molecule has 0 aliphatic carbocycles. The number of aryl methyl sites for hydroxylation is 1. The number of halogens is 2. The van der Waals surface area contributed by atoms with Crippen molar-refractivity contribution in [3.8, 4) is 5.75 Å².